The molecule has 0 aliphatic heterocycles. The van der Waals surface area contributed by atoms with Crippen LogP contribution in [-0.4, -0.2) is 22.3 Å². The molecule has 5 heteroatoms. The molecule has 1 aliphatic rings. The Morgan fingerprint density at radius 2 is 1.94 bits per heavy atom. The van der Waals surface area contributed by atoms with Crippen LogP contribution in [0.4, 0.5) is 5.82 Å². The van der Waals surface area contributed by atoms with Crippen molar-refractivity contribution < 1.29 is 0 Å². The first-order valence-electron chi connectivity index (χ1n) is 6.73. The monoisotopic (exact) mass is 270 g/mol. The Labute approximate surface area is 116 Å². The number of rotatable bonds is 3. The van der Waals surface area contributed by atoms with Crippen molar-refractivity contribution in [2.45, 2.75) is 53.0 Å². The number of aryl methyl sites for hydroxylation is 2. The molecule has 0 spiro atoms. The minimum Gasteiger partial charge on any atom is -0.337 e. The SMILES string of the molecule is CC.CCn1nc2c(c1NC=S)CCCC2.CN. The maximum Gasteiger partial charge on any atom is 0.132 e. The minimum absolute atomic E-state index is 0.901. The quantitative estimate of drug-likeness (QED) is 0.829. The molecular formula is C13H26N4S. The molecule has 1 aromatic rings. The lowest BCUT2D eigenvalue weighted by molar-refractivity contribution is 0.635. The van der Waals surface area contributed by atoms with Crippen molar-refractivity contribution in [1.82, 2.24) is 9.78 Å². The second-order valence-corrected chi connectivity index (χ2v) is 3.79. The van der Waals surface area contributed by atoms with Crippen LogP contribution in [0.15, 0.2) is 0 Å². The highest BCUT2D eigenvalue weighted by molar-refractivity contribution is 7.79. The maximum absolute atomic E-state index is 4.84. The Morgan fingerprint density at radius 1 is 1.33 bits per heavy atom. The summed E-state index contributed by atoms with van der Waals surface area (Å²) in [6.45, 7) is 7.01. The summed E-state index contributed by atoms with van der Waals surface area (Å²) in [5.41, 5.74) is 8.70. The van der Waals surface area contributed by atoms with E-state index in [9.17, 15) is 0 Å². The highest BCUT2D eigenvalue weighted by Crippen LogP contribution is 2.27. The summed E-state index contributed by atoms with van der Waals surface area (Å²) in [5.74, 6) is 1.11. The molecule has 4 nitrogen and oxygen atoms in total. The lowest BCUT2D eigenvalue weighted by Gasteiger charge is -2.10. The molecule has 1 heterocycles. The summed E-state index contributed by atoms with van der Waals surface area (Å²) in [6.07, 6.45) is 4.80. The van der Waals surface area contributed by atoms with Gasteiger partial charge >= 0.3 is 0 Å². The number of hydrogen-bond acceptors (Lipinski definition) is 3. The van der Waals surface area contributed by atoms with Gasteiger partial charge in [-0.3, -0.25) is 0 Å². The lowest BCUT2D eigenvalue weighted by Crippen LogP contribution is -2.06. The predicted molar refractivity (Wildman–Crippen MR) is 83.3 cm³/mol. The smallest absolute Gasteiger partial charge is 0.132 e. The van der Waals surface area contributed by atoms with Crippen LogP contribution in [0, 0.1) is 0 Å². The molecule has 0 bridgehead atoms. The van der Waals surface area contributed by atoms with Gasteiger partial charge in [-0.2, -0.15) is 5.10 Å². The average molecular weight is 270 g/mol. The second kappa shape index (κ2) is 10.0. The first-order valence-corrected chi connectivity index (χ1v) is 7.20. The number of fused-ring (bicyclic) bond motifs is 1. The Morgan fingerprint density at radius 3 is 2.50 bits per heavy atom. The van der Waals surface area contributed by atoms with Crippen LogP contribution in [0.3, 0.4) is 0 Å². The van der Waals surface area contributed by atoms with Crippen molar-refractivity contribution in [2.75, 3.05) is 12.4 Å². The zero-order chi connectivity index (χ0) is 14.0. The fraction of sp³-hybridized carbons (Fsp3) is 0.692. The van der Waals surface area contributed by atoms with E-state index in [1.807, 2.05) is 18.5 Å². The summed E-state index contributed by atoms with van der Waals surface area (Å²) >= 11 is 4.84. The minimum atomic E-state index is 0.901. The van der Waals surface area contributed by atoms with Crippen LogP contribution < -0.4 is 11.1 Å². The normalized spacial score (nSPS) is 12.3. The third-order valence-corrected chi connectivity index (χ3v) is 2.84. The fourth-order valence-electron chi connectivity index (χ4n) is 2.05. The zero-order valence-corrected chi connectivity index (χ0v) is 12.8. The lowest BCUT2D eigenvalue weighted by atomic mass is 9.97. The molecule has 1 aromatic heterocycles. The number of aromatic nitrogens is 2. The molecule has 2 rings (SSSR count). The van der Waals surface area contributed by atoms with Gasteiger partial charge in [-0.15, -0.1) is 0 Å². The van der Waals surface area contributed by atoms with Gasteiger partial charge in [0.05, 0.1) is 11.2 Å². The van der Waals surface area contributed by atoms with Gasteiger partial charge in [-0.25, -0.2) is 4.68 Å². The Hall–Kier alpha value is -0.940. The number of nitrogens with one attached hydrogen (secondary N) is 1. The molecule has 1 aliphatic carbocycles. The van der Waals surface area contributed by atoms with Gasteiger partial charge in [-0.05, 0) is 39.7 Å². The molecule has 0 amide bonds. The first kappa shape index (κ1) is 17.1. The van der Waals surface area contributed by atoms with Gasteiger partial charge in [0.15, 0.2) is 0 Å². The van der Waals surface area contributed by atoms with E-state index in [4.69, 9.17) is 12.2 Å². The molecule has 0 unspecified atom stereocenters. The van der Waals surface area contributed by atoms with E-state index < -0.39 is 0 Å². The summed E-state index contributed by atoms with van der Waals surface area (Å²) in [5, 5.41) is 7.70. The molecule has 0 aromatic carbocycles. The molecular weight excluding hydrogens is 244 g/mol. The maximum atomic E-state index is 4.84. The van der Waals surface area contributed by atoms with Crippen molar-refractivity contribution >= 4 is 23.5 Å². The molecule has 0 fully saturated rings. The van der Waals surface area contributed by atoms with Gasteiger partial charge in [0, 0.05) is 12.1 Å². The highest BCUT2D eigenvalue weighted by Gasteiger charge is 2.19. The number of nitrogens with two attached hydrogens (primary N) is 1. The molecule has 3 N–H and O–H groups in total. The van der Waals surface area contributed by atoms with Crippen molar-refractivity contribution in [3.8, 4) is 0 Å². The third kappa shape index (κ3) is 4.07. The van der Waals surface area contributed by atoms with E-state index in [-0.39, 0.29) is 0 Å². The van der Waals surface area contributed by atoms with Crippen LogP contribution in [0.25, 0.3) is 0 Å². The van der Waals surface area contributed by atoms with Crippen LogP contribution in [0.5, 0.6) is 0 Å². The van der Waals surface area contributed by atoms with Gasteiger partial charge in [0.25, 0.3) is 0 Å². The van der Waals surface area contributed by atoms with Crippen molar-refractivity contribution in [3.63, 3.8) is 0 Å². The Balaban J connectivity index is 0.000000659. The van der Waals surface area contributed by atoms with Gasteiger partial charge in [-0.1, -0.05) is 26.1 Å². The number of thiocarbonyl (C=S) groups is 1. The van der Waals surface area contributed by atoms with Crippen LogP contribution in [-0.2, 0) is 19.4 Å². The Bertz CT molecular complexity index is 347. The highest BCUT2D eigenvalue weighted by atomic mass is 32.1. The summed E-state index contributed by atoms with van der Waals surface area (Å²) in [4.78, 5) is 0. The van der Waals surface area contributed by atoms with Crippen LogP contribution in [0.2, 0.25) is 0 Å². The Kier molecular flexibility index (Phi) is 9.50. The molecule has 0 atom stereocenters. The van der Waals surface area contributed by atoms with E-state index in [2.05, 4.69) is 23.1 Å². The van der Waals surface area contributed by atoms with Crippen molar-refractivity contribution in [3.05, 3.63) is 11.3 Å². The van der Waals surface area contributed by atoms with E-state index >= 15 is 0 Å². The van der Waals surface area contributed by atoms with Crippen molar-refractivity contribution in [1.29, 1.82) is 0 Å². The number of nitrogens with zero attached hydrogens (tertiary/aromatic N) is 2. The van der Waals surface area contributed by atoms with E-state index in [1.54, 1.807) is 5.49 Å². The van der Waals surface area contributed by atoms with E-state index in [1.165, 1.54) is 31.1 Å². The standard InChI is InChI=1S/C10H15N3S.C2H6.CH5N/c1-2-13-10(11-7-14)8-5-3-4-6-9(8)12-13;2*1-2/h7H,2-6H2,1H3,(H,11,14);1-2H3;2H2,1H3. The summed E-state index contributed by atoms with van der Waals surface area (Å²) in [7, 11) is 1.50. The second-order valence-electron chi connectivity index (χ2n) is 3.56. The largest absolute Gasteiger partial charge is 0.337 e. The topological polar surface area (TPSA) is 55.9 Å². The molecule has 104 valence electrons. The van der Waals surface area contributed by atoms with Gasteiger partial charge in [0.1, 0.15) is 5.82 Å². The number of anilines is 1. The van der Waals surface area contributed by atoms with E-state index in [0.29, 0.717) is 0 Å². The molecule has 0 radical (unpaired) electrons. The van der Waals surface area contributed by atoms with E-state index in [0.717, 1.165) is 25.2 Å². The number of hydrogen-bond donors (Lipinski definition) is 2. The van der Waals surface area contributed by atoms with Crippen LogP contribution >= 0.6 is 12.2 Å². The third-order valence-electron chi connectivity index (χ3n) is 2.72. The molecule has 0 saturated heterocycles. The molecule has 18 heavy (non-hydrogen) atoms. The molecule has 0 saturated carbocycles. The summed E-state index contributed by atoms with van der Waals surface area (Å²) in [6, 6.07) is 0. The van der Waals surface area contributed by atoms with Gasteiger partial charge < -0.3 is 11.1 Å². The average Bonchev–Trinajstić information content (AvgIpc) is 2.82. The zero-order valence-electron chi connectivity index (χ0n) is 12.0. The first-order chi connectivity index (χ1) is 8.86. The summed E-state index contributed by atoms with van der Waals surface area (Å²) < 4.78 is 2.01. The van der Waals surface area contributed by atoms with Gasteiger partial charge in [0.2, 0.25) is 0 Å². The fourth-order valence-corrected chi connectivity index (χ4v) is 2.16. The van der Waals surface area contributed by atoms with Crippen molar-refractivity contribution in [2.24, 2.45) is 5.73 Å². The van der Waals surface area contributed by atoms with Crippen LogP contribution in [0.1, 0.15) is 44.9 Å². The predicted octanol–water partition coefficient (Wildman–Crippen LogP) is 2.75.